The molecule has 0 unspecified atom stereocenters. The van der Waals surface area contributed by atoms with Crippen LogP contribution >= 0.6 is 12.4 Å². The number of pyridine rings is 1. The van der Waals surface area contributed by atoms with Gasteiger partial charge in [-0.25, -0.2) is 16.8 Å². The molecule has 0 fully saturated rings. The van der Waals surface area contributed by atoms with Gasteiger partial charge in [-0.1, -0.05) is 62.7 Å². The predicted octanol–water partition coefficient (Wildman–Crippen LogP) is 5.45. The van der Waals surface area contributed by atoms with Crippen LogP contribution in [-0.4, -0.2) is 56.6 Å². The van der Waals surface area contributed by atoms with E-state index in [-0.39, 0.29) is 53.8 Å². The second-order valence-electron chi connectivity index (χ2n) is 11.6. The minimum Gasteiger partial charge on any atom is -0.258 e. The molecular formula is C31H40ClN3O4S2. The van der Waals surface area contributed by atoms with E-state index in [0.29, 0.717) is 18.4 Å². The van der Waals surface area contributed by atoms with Crippen LogP contribution in [0.25, 0.3) is 0 Å². The molecule has 10 heteroatoms. The lowest BCUT2D eigenvalue weighted by atomic mass is 9.86. The van der Waals surface area contributed by atoms with Crippen LogP contribution in [0.3, 0.4) is 0 Å². The average Bonchev–Trinajstić information content (AvgIpc) is 2.88. The van der Waals surface area contributed by atoms with Gasteiger partial charge in [-0.15, -0.1) is 12.4 Å². The number of hydrogen-bond donors (Lipinski definition) is 0. The molecular weight excluding hydrogens is 578 g/mol. The molecule has 1 aliphatic rings. The molecule has 0 radical (unpaired) electrons. The minimum absolute atomic E-state index is 0. The maximum atomic E-state index is 13.8. The summed E-state index contributed by atoms with van der Waals surface area (Å²) in [5, 5.41) is 0. The lowest BCUT2D eigenvalue weighted by Gasteiger charge is -2.28. The van der Waals surface area contributed by atoms with Crippen molar-refractivity contribution < 1.29 is 16.8 Å². The number of rotatable bonds is 4. The average molecular weight is 618 g/mol. The van der Waals surface area contributed by atoms with E-state index in [1.807, 2.05) is 26.0 Å². The van der Waals surface area contributed by atoms with E-state index in [0.717, 1.165) is 28.1 Å². The van der Waals surface area contributed by atoms with Crippen molar-refractivity contribution in [3.05, 3.63) is 101 Å². The summed E-state index contributed by atoms with van der Waals surface area (Å²) in [4.78, 5) is 5.22. The lowest BCUT2D eigenvalue weighted by Crippen LogP contribution is -2.40. The van der Waals surface area contributed by atoms with Crippen LogP contribution in [0.5, 0.6) is 0 Å². The summed E-state index contributed by atoms with van der Waals surface area (Å²) >= 11 is 0. The molecule has 7 nitrogen and oxygen atoms in total. The van der Waals surface area contributed by atoms with Crippen molar-refractivity contribution in [2.45, 2.75) is 62.7 Å². The van der Waals surface area contributed by atoms with Crippen LogP contribution < -0.4 is 0 Å². The monoisotopic (exact) mass is 617 g/mol. The third-order valence-corrected chi connectivity index (χ3v) is 10.9. The summed E-state index contributed by atoms with van der Waals surface area (Å²) < 4.78 is 57.9. The Kier molecular flexibility index (Phi) is 10.2. The zero-order valence-electron chi connectivity index (χ0n) is 24.4. The molecule has 0 atom stereocenters. The van der Waals surface area contributed by atoms with Gasteiger partial charge in [0.15, 0.2) is 0 Å². The zero-order valence-corrected chi connectivity index (χ0v) is 26.9. The molecule has 2 bridgehead atoms. The van der Waals surface area contributed by atoms with Crippen LogP contribution in [0.1, 0.15) is 48.8 Å². The highest BCUT2D eigenvalue weighted by Gasteiger charge is 2.30. The first-order valence-electron chi connectivity index (χ1n) is 13.5. The van der Waals surface area contributed by atoms with Crippen molar-refractivity contribution in [2.24, 2.45) is 0 Å². The maximum absolute atomic E-state index is 13.8. The Bertz CT molecular complexity index is 1490. The van der Waals surface area contributed by atoms with Crippen molar-refractivity contribution in [3.63, 3.8) is 0 Å². The molecule has 1 aromatic heterocycles. The van der Waals surface area contributed by atoms with Crippen LogP contribution in [0.15, 0.2) is 82.6 Å². The molecule has 0 saturated heterocycles. The number of benzene rings is 2. The van der Waals surface area contributed by atoms with Crippen molar-refractivity contribution in [1.82, 2.24) is 13.6 Å². The molecule has 0 saturated carbocycles. The summed E-state index contributed by atoms with van der Waals surface area (Å²) in [5.74, 6) is 0. The fourth-order valence-electron chi connectivity index (χ4n) is 4.65. The Hall–Kier alpha value is -2.56. The molecule has 0 amide bonds. The third kappa shape index (κ3) is 7.84. The minimum atomic E-state index is -3.87. The number of sulfonamides is 2. The van der Waals surface area contributed by atoms with E-state index >= 15 is 0 Å². The molecule has 0 spiro atoms. The summed E-state index contributed by atoms with van der Waals surface area (Å²) in [5.41, 5.74) is 4.92. The fourth-order valence-corrected chi connectivity index (χ4v) is 7.58. The second-order valence-corrected chi connectivity index (χ2v) is 15.5. The Balaban J connectivity index is 0.00000462. The lowest BCUT2D eigenvalue weighted by molar-refractivity contribution is 0.401. The summed E-state index contributed by atoms with van der Waals surface area (Å²) in [6.45, 7) is 14.7. The SMILES string of the molecule is C=C1CN(S(=O)(=O)c2ccc(C)cc2)CCc2cc(C(C)(C)C)cc(n2)CCN(S(=O)(=O)c2ccc(C)cc2)C1.Cl. The van der Waals surface area contributed by atoms with Gasteiger partial charge in [0.2, 0.25) is 20.0 Å². The summed E-state index contributed by atoms with van der Waals surface area (Å²) in [6, 6.07) is 17.6. The third-order valence-electron chi connectivity index (χ3n) is 7.15. The number of halogens is 1. The molecule has 2 heterocycles. The first-order chi connectivity index (χ1) is 18.7. The van der Waals surface area contributed by atoms with Crippen molar-refractivity contribution >= 4 is 32.5 Å². The number of fused-ring (bicyclic) bond motifs is 2. The standard InChI is InChI=1S/C31H39N3O4S2.ClH/c1-23-7-11-29(12-8-23)39(35,36)33-17-15-27-19-26(31(4,5)6)20-28(32-27)16-18-34(22-25(3)21-33)40(37,38)30-13-9-24(2)10-14-30;/h7-14,19-20H,3,15-18,21-22H2,1-2,4-6H3;1H. The van der Waals surface area contributed by atoms with E-state index in [4.69, 9.17) is 4.98 Å². The Morgan fingerprint density at radius 3 is 1.41 bits per heavy atom. The first-order valence-corrected chi connectivity index (χ1v) is 16.3. The number of nitrogens with zero attached hydrogens (tertiary/aromatic N) is 3. The van der Waals surface area contributed by atoms with E-state index in [2.05, 4.69) is 27.4 Å². The van der Waals surface area contributed by atoms with E-state index in [1.54, 1.807) is 48.5 Å². The first kappa shape index (κ1) is 32.9. The molecule has 1 aliphatic heterocycles. The van der Waals surface area contributed by atoms with Crippen LogP contribution in [0.4, 0.5) is 0 Å². The molecule has 222 valence electrons. The van der Waals surface area contributed by atoms with Gasteiger partial charge in [-0.2, -0.15) is 8.61 Å². The highest BCUT2D eigenvalue weighted by molar-refractivity contribution is 7.89. The van der Waals surface area contributed by atoms with E-state index < -0.39 is 20.0 Å². The molecule has 4 rings (SSSR count). The van der Waals surface area contributed by atoms with Crippen LogP contribution in [0, 0.1) is 13.8 Å². The smallest absolute Gasteiger partial charge is 0.243 e. The van der Waals surface area contributed by atoms with Crippen molar-refractivity contribution in [3.8, 4) is 0 Å². The van der Waals surface area contributed by atoms with Crippen LogP contribution in [0.2, 0.25) is 0 Å². The van der Waals surface area contributed by atoms with Gasteiger partial charge in [0.1, 0.15) is 0 Å². The predicted molar refractivity (Wildman–Crippen MR) is 167 cm³/mol. The Morgan fingerprint density at radius 2 is 1.07 bits per heavy atom. The Morgan fingerprint density at radius 1 is 0.707 bits per heavy atom. The zero-order chi connectivity index (χ0) is 29.3. The number of aryl methyl sites for hydroxylation is 2. The number of hydrogen-bond acceptors (Lipinski definition) is 5. The highest BCUT2D eigenvalue weighted by Crippen LogP contribution is 2.26. The molecule has 41 heavy (non-hydrogen) atoms. The maximum Gasteiger partial charge on any atom is 0.243 e. The molecule has 3 aromatic rings. The van der Waals surface area contributed by atoms with Gasteiger partial charge in [0.05, 0.1) is 9.79 Å². The quantitative estimate of drug-likeness (QED) is 0.363. The normalized spacial score (nSPS) is 16.4. The van der Waals surface area contributed by atoms with Gasteiger partial charge < -0.3 is 0 Å². The second kappa shape index (κ2) is 12.8. The van der Waals surface area contributed by atoms with Gasteiger partial charge in [0.25, 0.3) is 0 Å². The summed E-state index contributed by atoms with van der Waals surface area (Å²) in [6.07, 6.45) is 0.862. The van der Waals surface area contributed by atoms with E-state index in [9.17, 15) is 16.8 Å². The number of aromatic nitrogens is 1. The fraction of sp³-hybridized carbons (Fsp3) is 0.387. The van der Waals surface area contributed by atoms with Crippen molar-refractivity contribution in [2.75, 3.05) is 26.2 Å². The van der Waals surface area contributed by atoms with Gasteiger partial charge in [-0.3, -0.25) is 4.98 Å². The van der Waals surface area contributed by atoms with Crippen LogP contribution in [-0.2, 0) is 38.3 Å². The topological polar surface area (TPSA) is 87.7 Å². The highest BCUT2D eigenvalue weighted by atomic mass is 35.5. The van der Waals surface area contributed by atoms with Crippen molar-refractivity contribution in [1.29, 1.82) is 0 Å². The molecule has 2 aromatic carbocycles. The van der Waals surface area contributed by atoms with Gasteiger partial charge in [-0.05, 0) is 66.8 Å². The van der Waals surface area contributed by atoms with Gasteiger partial charge >= 0.3 is 0 Å². The molecule has 0 N–H and O–H groups in total. The van der Waals surface area contributed by atoms with Gasteiger partial charge in [0, 0.05) is 50.4 Å². The largest absolute Gasteiger partial charge is 0.258 e. The summed E-state index contributed by atoms with van der Waals surface area (Å²) in [7, 11) is -7.73. The molecule has 0 aliphatic carbocycles. The van der Waals surface area contributed by atoms with E-state index in [1.165, 1.54) is 8.61 Å². The Labute approximate surface area is 251 Å².